The van der Waals surface area contributed by atoms with Crippen LogP contribution in [0.2, 0.25) is 0 Å². The molecule has 0 aliphatic carbocycles. The molecule has 5 heterocycles. The molecular weight excluding hydrogens is 800 g/mol. The molecule has 0 amide bonds. The first-order valence-electron chi connectivity index (χ1n) is 22.4. The van der Waals surface area contributed by atoms with E-state index in [0.29, 0.717) is 0 Å². The molecule has 0 saturated carbocycles. The van der Waals surface area contributed by atoms with E-state index in [-0.39, 0.29) is 17.7 Å². The fraction of sp³-hybridized carbons (Fsp3) is 0.138. The van der Waals surface area contributed by atoms with Crippen molar-refractivity contribution in [2.45, 2.75) is 52.4 Å². The fourth-order valence-electron chi connectivity index (χ4n) is 10.6. The molecule has 0 spiro atoms. The lowest BCUT2D eigenvalue weighted by molar-refractivity contribution is 0.590. The van der Waals surface area contributed by atoms with Crippen molar-refractivity contribution in [1.29, 1.82) is 0 Å². The van der Waals surface area contributed by atoms with Crippen molar-refractivity contribution < 1.29 is 8.83 Å². The first kappa shape index (κ1) is 37.5. The molecule has 0 radical (unpaired) electrons. The van der Waals surface area contributed by atoms with Gasteiger partial charge in [-0.1, -0.05) is 139 Å². The lowest BCUT2D eigenvalue weighted by atomic mass is 9.45. The van der Waals surface area contributed by atoms with Crippen LogP contribution < -0.4 is 20.8 Å². The molecule has 3 aromatic heterocycles. The van der Waals surface area contributed by atoms with E-state index in [1.54, 1.807) is 0 Å². The minimum Gasteiger partial charge on any atom is -0.466 e. The Morgan fingerprint density at radius 2 is 1.16 bits per heavy atom. The van der Waals surface area contributed by atoms with Crippen molar-refractivity contribution in [2.75, 3.05) is 9.71 Å². The smallest absolute Gasteiger partial charge is 0.376 e. The van der Waals surface area contributed by atoms with Gasteiger partial charge in [-0.3, -0.25) is 0 Å². The van der Waals surface area contributed by atoms with Crippen LogP contribution in [-0.2, 0) is 10.8 Å². The number of benzene rings is 8. The minimum atomic E-state index is -0.320. The Balaban J connectivity index is 1.23. The number of hydrogen-bond acceptors (Lipinski definition) is 5. The maximum absolute atomic E-state index is 7.41. The molecule has 0 fully saturated rings. The van der Waals surface area contributed by atoms with E-state index in [1.807, 2.05) is 11.3 Å². The van der Waals surface area contributed by atoms with Gasteiger partial charge in [0.15, 0.2) is 0 Å². The summed E-state index contributed by atoms with van der Waals surface area (Å²) in [5.41, 5.74) is 17.7. The zero-order valence-corrected chi connectivity index (χ0v) is 37.6. The summed E-state index contributed by atoms with van der Waals surface area (Å²) >= 11 is 1.89. The molecule has 8 aromatic carbocycles. The maximum Gasteiger partial charge on any atom is 0.376 e. The molecular formula is C58H45BN2O2S. The van der Waals surface area contributed by atoms with E-state index in [4.69, 9.17) is 8.83 Å². The molecule has 2 aliphatic heterocycles. The van der Waals surface area contributed by atoms with Crippen molar-refractivity contribution in [1.82, 2.24) is 0 Å². The van der Waals surface area contributed by atoms with Gasteiger partial charge in [0.2, 0.25) is 0 Å². The standard InChI is InChI=1S/C58H45BN2O2S/c1-57(2,3)35-24-27-37(28-25-35)61-53-41(29-31-48-50(53)39-19-10-13-21-46(39)62-48)51-52-45(33-43-38-18-12-15-23-49(38)64-55(43)51)60(54-40-20-11-14-22-47(40)63-56(54)59(52)61)44-30-26-36(58(4,5)6)32-42(44)34-16-8-7-9-17-34/h7-33H,1-6H3. The second-order valence-electron chi connectivity index (χ2n) is 19.7. The molecule has 13 rings (SSSR count). The van der Waals surface area contributed by atoms with Crippen molar-refractivity contribution in [3.05, 3.63) is 175 Å². The van der Waals surface area contributed by atoms with Crippen molar-refractivity contribution in [3.63, 3.8) is 0 Å². The van der Waals surface area contributed by atoms with Gasteiger partial charge < -0.3 is 18.5 Å². The molecule has 64 heavy (non-hydrogen) atoms. The zero-order chi connectivity index (χ0) is 43.2. The quantitative estimate of drug-likeness (QED) is 0.166. The van der Waals surface area contributed by atoms with E-state index >= 15 is 0 Å². The zero-order valence-electron chi connectivity index (χ0n) is 36.8. The van der Waals surface area contributed by atoms with Crippen LogP contribution in [0.4, 0.5) is 28.4 Å². The first-order valence-corrected chi connectivity index (χ1v) is 23.2. The topological polar surface area (TPSA) is 32.8 Å². The highest BCUT2D eigenvalue weighted by atomic mass is 32.1. The highest BCUT2D eigenvalue weighted by Crippen LogP contribution is 2.56. The van der Waals surface area contributed by atoms with Crippen molar-refractivity contribution in [3.8, 4) is 22.3 Å². The lowest BCUT2D eigenvalue weighted by Gasteiger charge is -2.44. The van der Waals surface area contributed by atoms with E-state index in [9.17, 15) is 0 Å². The third-order valence-corrected chi connectivity index (χ3v) is 15.0. The summed E-state index contributed by atoms with van der Waals surface area (Å²) in [7, 11) is 0. The number of thiophene rings is 1. The normalized spacial score (nSPS) is 13.7. The van der Waals surface area contributed by atoms with Gasteiger partial charge in [-0.2, -0.15) is 0 Å². The van der Waals surface area contributed by atoms with Crippen LogP contribution in [0.15, 0.2) is 173 Å². The molecule has 6 heteroatoms. The summed E-state index contributed by atoms with van der Waals surface area (Å²) in [5.74, 6) is 0. The number of furan rings is 2. The number of nitrogens with zero attached hydrogens (tertiary/aromatic N) is 2. The minimum absolute atomic E-state index is 0.00480. The molecule has 0 saturated heterocycles. The van der Waals surface area contributed by atoms with E-state index < -0.39 is 0 Å². The molecule has 2 aliphatic rings. The fourth-order valence-corrected chi connectivity index (χ4v) is 11.9. The summed E-state index contributed by atoms with van der Waals surface area (Å²) in [4.78, 5) is 5.13. The Hall–Kier alpha value is -7.02. The Labute approximate surface area is 377 Å². The summed E-state index contributed by atoms with van der Waals surface area (Å²) < 4.78 is 16.7. The summed E-state index contributed by atoms with van der Waals surface area (Å²) in [5, 5.41) is 5.82. The van der Waals surface area contributed by atoms with Crippen LogP contribution in [0.3, 0.4) is 0 Å². The Morgan fingerprint density at radius 3 is 1.91 bits per heavy atom. The highest BCUT2D eigenvalue weighted by molar-refractivity contribution is 7.26. The third kappa shape index (κ3) is 5.29. The van der Waals surface area contributed by atoms with Gasteiger partial charge in [0.05, 0.1) is 16.8 Å². The van der Waals surface area contributed by atoms with Crippen LogP contribution >= 0.6 is 11.3 Å². The van der Waals surface area contributed by atoms with Crippen LogP contribution in [0.5, 0.6) is 0 Å². The van der Waals surface area contributed by atoms with Gasteiger partial charge >= 0.3 is 6.85 Å². The largest absolute Gasteiger partial charge is 0.466 e. The molecule has 0 N–H and O–H groups in total. The third-order valence-electron chi connectivity index (χ3n) is 13.8. The SMILES string of the molecule is CC(C)(C)c1ccc(N2B3c4oc5ccccc5c4N(c4ccc(C(C)(C)C)cc4-c4ccccc4)c4cc5c(sc6ccccc65)c(c43)-c3ccc4oc5ccccc5c4c32)cc1. The van der Waals surface area contributed by atoms with Gasteiger partial charge in [-0.25, -0.2) is 0 Å². The summed E-state index contributed by atoms with van der Waals surface area (Å²) in [6.45, 7) is 13.4. The number of hydrogen-bond donors (Lipinski definition) is 0. The van der Waals surface area contributed by atoms with Crippen molar-refractivity contribution in [2.24, 2.45) is 0 Å². The van der Waals surface area contributed by atoms with Crippen LogP contribution in [-0.4, -0.2) is 6.85 Å². The van der Waals surface area contributed by atoms with Crippen molar-refractivity contribution >= 4 is 111 Å². The van der Waals surface area contributed by atoms with E-state index in [2.05, 4.69) is 215 Å². The van der Waals surface area contributed by atoms with Crippen LogP contribution in [0, 0.1) is 0 Å². The van der Waals surface area contributed by atoms with E-state index in [1.165, 1.54) is 59.0 Å². The molecule has 4 nitrogen and oxygen atoms in total. The predicted octanol–water partition coefficient (Wildman–Crippen LogP) is 15.7. The molecule has 11 aromatic rings. The maximum atomic E-state index is 7.41. The van der Waals surface area contributed by atoms with Crippen LogP contribution in [0.25, 0.3) is 75.3 Å². The molecule has 0 unspecified atom stereocenters. The summed E-state index contributed by atoms with van der Waals surface area (Å²) in [6, 6.07) is 60.3. The number of para-hydroxylation sites is 2. The van der Waals surface area contributed by atoms with Gasteiger partial charge in [-0.15, -0.1) is 11.3 Å². The van der Waals surface area contributed by atoms with Crippen LogP contribution in [0.1, 0.15) is 52.7 Å². The first-order chi connectivity index (χ1) is 31.0. The predicted molar refractivity (Wildman–Crippen MR) is 273 cm³/mol. The average molecular weight is 845 g/mol. The molecule has 308 valence electrons. The second-order valence-corrected chi connectivity index (χ2v) is 20.7. The van der Waals surface area contributed by atoms with Gasteiger partial charge in [-0.05, 0) is 99.7 Å². The number of fused-ring (bicyclic) bond motifs is 14. The monoisotopic (exact) mass is 844 g/mol. The summed E-state index contributed by atoms with van der Waals surface area (Å²) in [6.07, 6.45) is 0. The number of anilines is 5. The van der Waals surface area contributed by atoms with Gasteiger partial charge in [0, 0.05) is 64.7 Å². The Morgan fingerprint density at radius 1 is 0.500 bits per heavy atom. The molecule has 0 bridgehead atoms. The highest BCUT2D eigenvalue weighted by Gasteiger charge is 2.50. The number of rotatable bonds is 3. The van der Waals surface area contributed by atoms with Gasteiger partial charge in [0.1, 0.15) is 22.4 Å². The Bertz CT molecular complexity index is 3710. The molecule has 0 atom stereocenters. The lowest BCUT2D eigenvalue weighted by Crippen LogP contribution is -2.61. The van der Waals surface area contributed by atoms with E-state index in [0.717, 1.165) is 67.0 Å². The second kappa shape index (κ2) is 13.3. The Kier molecular flexibility index (Phi) is 7.78. The van der Waals surface area contributed by atoms with Gasteiger partial charge in [0.25, 0.3) is 0 Å². The average Bonchev–Trinajstić information content (AvgIpc) is 4.00.